The van der Waals surface area contributed by atoms with E-state index in [4.69, 9.17) is 0 Å². The molecule has 0 atom stereocenters. The summed E-state index contributed by atoms with van der Waals surface area (Å²) >= 11 is 1.59. The molecule has 1 heterocycles. The van der Waals surface area contributed by atoms with Crippen LogP contribution in [0.15, 0.2) is 35.6 Å². The van der Waals surface area contributed by atoms with E-state index in [9.17, 15) is 5.11 Å². The third-order valence-corrected chi connectivity index (χ3v) is 4.48. The molecular formula is C15H16N2OS. The maximum Gasteiger partial charge on any atom is 0.222 e. The van der Waals surface area contributed by atoms with Crippen LogP contribution in [-0.4, -0.2) is 5.90 Å². The van der Waals surface area contributed by atoms with Gasteiger partial charge in [0.25, 0.3) is 0 Å². The van der Waals surface area contributed by atoms with Crippen molar-refractivity contribution >= 4 is 17.4 Å². The lowest BCUT2D eigenvalue weighted by Gasteiger charge is -2.05. The van der Waals surface area contributed by atoms with E-state index < -0.39 is 0 Å². The van der Waals surface area contributed by atoms with Crippen molar-refractivity contribution < 1.29 is 9.17 Å². The summed E-state index contributed by atoms with van der Waals surface area (Å²) in [4.78, 5) is 1.38. The van der Waals surface area contributed by atoms with Gasteiger partial charge in [0.05, 0.1) is 10.8 Å². The molecule has 0 unspecified atom stereocenters. The summed E-state index contributed by atoms with van der Waals surface area (Å²) in [5, 5.41) is 16.2. The van der Waals surface area contributed by atoms with E-state index in [-0.39, 0.29) is 5.90 Å². The molecule has 0 saturated carbocycles. The summed E-state index contributed by atoms with van der Waals surface area (Å²) in [6, 6.07) is 7.53. The monoisotopic (exact) mass is 272 g/mol. The molecule has 4 heteroatoms. The van der Waals surface area contributed by atoms with Crippen LogP contribution in [-0.2, 0) is 12.8 Å². The van der Waals surface area contributed by atoms with Crippen molar-refractivity contribution in [3.63, 3.8) is 0 Å². The number of hydrogen-bond donors (Lipinski definition) is 0. The Morgan fingerprint density at radius 1 is 1.21 bits per heavy atom. The van der Waals surface area contributed by atoms with Crippen LogP contribution in [0.5, 0.6) is 0 Å². The van der Waals surface area contributed by atoms with Gasteiger partial charge in [-0.05, 0) is 38.2 Å². The SMILES string of the molecule is Cc1ccc(/C([O-])=N/[n+]2cc3c(s2)CCCC3)cc1. The number of aryl methyl sites for hydroxylation is 3. The van der Waals surface area contributed by atoms with Gasteiger partial charge in [-0.2, -0.15) is 0 Å². The van der Waals surface area contributed by atoms with Crippen LogP contribution < -0.4 is 9.17 Å². The standard InChI is InChI=1S/C15H16N2OS/c1-11-6-8-12(9-7-11)15(18)16-17-10-13-4-2-3-5-14(13)19-17/h6-10H,2-5H2,1H3. The molecular weight excluding hydrogens is 256 g/mol. The van der Waals surface area contributed by atoms with Crippen molar-refractivity contribution in [3.8, 4) is 0 Å². The predicted octanol–water partition coefficient (Wildman–Crippen LogP) is 1.79. The highest BCUT2D eigenvalue weighted by atomic mass is 32.1. The zero-order chi connectivity index (χ0) is 13.2. The van der Waals surface area contributed by atoms with E-state index in [1.165, 1.54) is 23.3 Å². The van der Waals surface area contributed by atoms with Crippen molar-refractivity contribution in [1.82, 2.24) is 0 Å². The van der Waals surface area contributed by atoms with Crippen LogP contribution in [0.1, 0.15) is 34.4 Å². The van der Waals surface area contributed by atoms with Gasteiger partial charge >= 0.3 is 0 Å². The summed E-state index contributed by atoms with van der Waals surface area (Å²) in [5.41, 5.74) is 3.15. The summed E-state index contributed by atoms with van der Waals surface area (Å²) in [6.45, 7) is 2.01. The van der Waals surface area contributed by atoms with E-state index in [1.54, 1.807) is 15.6 Å². The van der Waals surface area contributed by atoms with Crippen LogP contribution >= 0.6 is 11.5 Å². The van der Waals surface area contributed by atoms with Crippen LogP contribution in [0.3, 0.4) is 0 Å². The number of rotatable bonds is 2. The average molecular weight is 272 g/mol. The molecule has 19 heavy (non-hydrogen) atoms. The normalized spacial score (nSPS) is 15.3. The fourth-order valence-electron chi connectivity index (χ4n) is 2.31. The molecule has 1 aliphatic rings. The summed E-state index contributed by atoms with van der Waals surface area (Å²) in [6.07, 6.45) is 6.74. The third-order valence-electron chi connectivity index (χ3n) is 3.42. The van der Waals surface area contributed by atoms with E-state index in [2.05, 4.69) is 5.10 Å². The van der Waals surface area contributed by atoms with Gasteiger partial charge in [-0.15, -0.1) is 0 Å². The molecule has 98 valence electrons. The van der Waals surface area contributed by atoms with Gasteiger partial charge < -0.3 is 5.11 Å². The number of fused-ring (bicyclic) bond motifs is 1. The molecule has 1 aromatic heterocycles. The first-order chi connectivity index (χ1) is 9.22. The zero-order valence-electron chi connectivity index (χ0n) is 10.9. The Labute approximate surface area is 117 Å². The first-order valence-electron chi connectivity index (χ1n) is 6.59. The first kappa shape index (κ1) is 12.4. The Hall–Kier alpha value is -1.68. The average Bonchev–Trinajstić information content (AvgIpc) is 2.81. The molecule has 1 aromatic carbocycles. The molecule has 0 N–H and O–H groups in total. The summed E-state index contributed by atoms with van der Waals surface area (Å²) < 4.78 is 1.72. The second-order valence-corrected chi connectivity index (χ2v) is 6.00. The van der Waals surface area contributed by atoms with Gasteiger partial charge in [-0.1, -0.05) is 29.8 Å². The summed E-state index contributed by atoms with van der Waals surface area (Å²) in [5.74, 6) is -0.177. The quantitative estimate of drug-likeness (QED) is 0.467. The molecule has 3 rings (SSSR count). The van der Waals surface area contributed by atoms with Gasteiger partial charge in [-0.3, -0.25) is 0 Å². The molecule has 0 bridgehead atoms. The lowest BCUT2D eigenvalue weighted by molar-refractivity contribution is -0.612. The molecule has 2 aromatic rings. The highest BCUT2D eigenvalue weighted by molar-refractivity contribution is 7.01. The molecule has 1 aliphatic carbocycles. The van der Waals surface area contributed by atoms with Crippen molar-refractivity contribution in [2.45, 2.75) is 32.6 Å². The maximum atomic E-state index is 12.1. The first-order valence-corrected chi connectivity index (χ1v) is 7.36. The maximum absolute atomic E-state index is 12.1. The van der Waals surface area contributed by atoms with Crippen LogP contribution in [0.25, 0.3) is 0 Å². The molecule has 0 fully saturated rings. The molecule has 0 aliphatic heterocycles. The third kappa shape index (κ3) is 2.68. The minimum atomic E-state index is -0.177. The number of benzene rings is 1. The fourth-order valence-corrected chi connectivity index (χ4v) is 3.34. The lowest BCUT2D eigenvalue weighted by atomic mass is 10.0. The second kappa shape index (κ2) is 5.13. The van der Waals surface area contributed by atoms with E-state index in [0.717, 1.165) is 18.4 Å². The number of hydrogen-bond acceptors (Lipinski definition) is 3. The van der Waals surface area contributed by atoms with E-state index >= 15 is 0 Å². The van der Waals surface area contributed by atoms with Crippen LogP contribution in [0.2, 0.25) is 0 Å². The Morgan fingerprint density at radius 2 is 1.95 bits per heavy atom. The number of aromatic nitrogens is 1. The van der Waals surface area contributed by atoms with Gasteiger partial charge in [0, 0.05) is 14.7 Å². The van der Waals surface area contributed by atoms with Gasteiger partial charge in [0.2, 0.25) is 6.20 Å². The zero-order valence-corrected chi connectivity index (χ0v) is 11.7. The largest absolute Gasteiger partial charge is 0.854 e. The number of nitrogens with zero attached hydrogens (tertiary/aromatic N) is 2. The highest BCUT2D eigenvalue weighted by Gasteiger charge is 2.19. The molecule has 0 amide bonds. The minimum absolute atomic E-state index is 0.177. The topological polar surface area (TPSA) is 39.3 Å². The van der Waals surface area contributed by atoms with Crippen molar-refractivity contribution in [2.75, 3.05) is 0 Å². The Balaban J connectivity index is 1.88. The minimum Gasteiger partial charge on any atom is -0.854 e. The van der Waals surface area contributed by atoms with Gasteiger partial charge in [0.15, 0.2) is 11.5 Å². The van der Waals surface area contributed by atoms with E-state index in [1.807, 2.05) is 37.4 Å². The predicted molar refractivity (Wildman–Crippen MR) is 74.3 cm³/mol. The summed E-state index contributed by atoms with van der Waals surface area (Å²) in [7, 11) is 0. The smallest absolute Gasteiger partial charge is 0.222 e. The molecule has 0 radical (unpaired) electrons. The van der Waals surface area contributed by atoms with Gasteiger partial charge in [0.1, 0.15) is 0 Å². The fraction of sp³-hybridized carbons (Fsp3) is 0.333. The Kier molecular flexibility index (Phi) is 3.34. The lowest BCUT2D eigenvalue weighted by Crippen LogP contribution is -2.30. The van der Waals surface area contributed by atoms with Gasteiger partial charge in [-0.25, -0.2) is 0 Å². The second-order valence-electron chi connectivity index (χ2n) is 4.95. The highest BCUT2D eigenvalue weighted by Crippen LogP contribution is 2.22. The van der Waals surface area contributed by atoms with E-state index in [0.29, 0.717) is 5.56 Å². The van der Waals surface area contributed by atoms with Crippen molar-refractivity contribution in [2.24, 2.45) is 5.10 Å². The van der Waals surface area contributed by atoms with Crippen molar-refractivity contribution in [1.29, 1.82) is 0 Å². The van der Waals surface area contributed by atoms with Crippen molar-refractivity contribution in [3.05, 3.63) is 52.0 Å². The molecule has 0 spiro atoms. The molecule has 0 saturated heterocycles. The van der Waals surface area contributed by atoms with Crippen LogP contribution in [0, 0.1) is 6.92 Å². The van der Waals surface area contributed by atoms with Crippen LogP contribution in [0.4, 0.5) is 0 Å². The Morgan fingerprint density at radius 3 is 2.68 bits per heavy atom. The molecule has 3 nitrogen and oxygen atoms in total. The Bertz CT molecular complexity index is 590.